The highest BCUT2D eigenvalue weighted by atomic mass is 32.2. The SMILES string of the molecule is CC(N)C(C)(C)S(=O)(=O)N1CCCCC1. The zero-order valence-corrected chi connectivity index (χ0v) is 10.7. The molecule has 0 bridgehead atoms. The average molecular weight is 234 g/mol. The van der Waals surface area contributed by atoms with Crippen LogP contribution >= 0.6 is 0 Å². The molecule has 0 spiro atoms. The van der Waals surface area contributed by atoms with Crippen molar-refractivity contribution in [1.29, 1.82) is 0 Å². The molecule has 0 aromatic heterocycles. The molecule has 0 aliphatic carbocycles. The molecule has 0 saturated carbocycles. The molecular weight excluding hydrogens is 212 g/mol. The van der Waals surface area contributed by atoms with Crippen LogP contribution in [0.1, 0.15) is 40.0 Å². The molecule has 1 fully saturated rings. The molecule has 15 heavy (non-hydrogen) atoms. The van der Waals surface area contributed by atoms with Crippen LogP contribution in [-0.4, -0.2) is 36.6 Å². The van der Waals surface area contributed by atoms with Gasteiger partial charge in [0.1, 0.15) is 0 Å². The Balaban J connectivity index is 2.90. The molecule has 0 amide bonds. The minimum atomic E-state index is -3.25. The first-order chi connectivity index (χ1) is 6.80. The van der Waals surface area contributed by atoms with E-state index in [0.29, 0.717) is 13.1 Å². The van der Waals surface area contributed by atoms with Gasteiger partial charge in [-0.1, -0.05) is 6.42 Å². The highest BCUT2D eigenvalue weighted by Gasteiger charge is 2.42. The Labute approximate surface area is 92.9 Å². The molecule has 90 valence electrons. The molecule has 1 aliphatic heterocycles. The molecule has 0 aromatic carbocycles. The smallest absolute Gasteiger partial charge is 0.220 e. The van der Waals surface area contributed by atoms with Gasteiger partial charge in [-0.15, -0.1) is 0 Å². The molecular formula is C10H22N2O2S. The van der Waals surface area contributed by atoms with E-state index >= 15 is 0 Å². The number of sulfonamides is 1. The van der Waals surface area contributed by atoms with Crippen molar-refractivity contribution in [3.05, 3.63) is 0 Å². The van der Waals surface area contributed by atoms with Gasteiger partial charge in [-0.3, -0.25) is 0 Å². The van der Waals surface area contributed by atoms with E-state index in [-0.39, 0.29) is 6.04 Å². The van der Waals surface area contributed by atoms with Crippen molar-refractivity contribution in [2.24, 2.45) is 5.73 Å². The Morgan fingerprint density at radius 1 is 1.20 bits per heavy atom. The fraction of sp³-hybridized carbons (Fsp3) is 1.00. The topological polar surface area (TPSA) is 63.4 Å². The minimum Gasteiger partial charge on any atom is -0.326 e. The van der Waals surface area contributed by atoms with E-state index in [0.717, 1.165) is 19.3 Å². The van der Waals surface area contributed by atoms with Gasteiger partial charge in [0.05, 0.1) is 4.75 Å². The fourth-order valence-corrected chi connectivity index (χ4v) is 3.55. The van der Waals surface area contributed by atoms with Crippen molar-refractivity contribution in [1.82, 2.24) is 4.31 Å². The maximum absolute atomic E-state index is 12.3. The van der Waals surface area contributed by atoms with Crippen molar-refractivity contribution >= 4 is 10.0 Å². The number of rotatable bonds is 3. The van der Waals surface area contributed by atoms with Gasteiger partial charge in [0.15, 0.2) is 0 Å². The number of nitrogens with two attached hydrogens (primary N) is 1. The summed E-state index contributed by atoms with van der Waals surface area (Å²) >= 11 is 0. The summed E-state index contributed by atoms with van der Waals surface area (Å²) in [4.78, 5) is 0. The van der Waals surface area contributed by atoms with Crippen LogP contribution in [0, 0.1) is 0 Å². The van der Waals surface area contributed by atoms with E-state index in [1.165, 1.54) is 0 Å². The number of piperidine rings is 1. The Bertz CT molecular complexity index is 303. The normalized spacial score (nSPS) is 22.7. The average Bonchev–Trinajstić information content (AvgIpc) is 2.18. The lowest BCUT2D eigenvalue weighted by molar-refractivity contribution is 0.329. The van der Waals surface area contributed by atoms with Gasteiger partial charge in [-0.05, 0) is 33.6 Å². The summed E-state index contributed by atoms with van der Waals surface area (Å²) < 4.78 is 25.3. The summed E-state index contributed by atoms with van der Waals surface area (Å²) in [6.07, 6.45) is 3.06. The standard InChI is InChI=1S/C10H22N2O2S/c1-9(11)10(2,3)15(13,14)12-7-5-4-6-8-12/h9H,4-8,11H2,1-3H3. The highest BCUT2D eigenvalue weighted by Crippen LogP contribution is 2.26. The number of hydrogen-bond donors (Lipinski definition) is 1. The Kier molecular flexibility index (Phi) is 3.79. The molecule has 0 aromatic rings. The summed E-state index contributed by atoms with van der Waals surface area (Å²) in [5.41, 5.74) is 5.76. The van der Waals surface area contributed by atoms with Gasteiger partial charge >= 0.3 is 0 Å². The molecule has 1 unspecified atom stereocenters. The van der Waals surface area contributed by atoms with Gasteiger partial charge in [-0.25, -0.2) is 12.7 Å². The van der Waals surface area contributed by atoms with E-state index in [2.05, 4.69) is 0 Å². The first kappa shape index (κ1) is 12.9. The zero-order valence-electron chi connectivity index (χ0n) is 9.86. The van der Waals surface area contributed by atoms with Crippen LogP contribution in [0.15, 0.2) is 0 Å². The quantitative estimate of drug-likeness (QED) is 0.790. The molecule has 4 nitrogen and oxygen atoms in total. The maximum atomic E-state index is 12.3. The Hall–Kier alpha value is -0.130. The van der Waals surface area contributed by atoms with E-state index in [1.807, 2.05) is 0 Å². The first-order valence-electron chi connectivity index (χ1n) is 5.55. The number of nitrogens with zero attached hydrogens (tertiary/aromatic N) is 1. The zero-order chi connectivity index (χ0) is 11.7. The lowest BCUT2D eigenvalue weighted by Gasteiger charge is -2.36. The van der Waals surface area contributed by atoms with E-state index in [9.17, 15) is 8.42 Å². The van der Waals surface area contributed by atoms with Crippen LogP contribution < -0.4 is 5.73 Å². The van der Waals surface area contributed by atoms with Gasteiger partial charge in [-0.2, -0.15) is 0 Å². The molecule has 1 heterocycles. The lowest BCUT2D eigenvalue weighted by Crippen LogP contribution is -2.54. The second-order valence-electron chi connectivity index (χ2n) is 4.86. The van der Waals surface area contributed by atoms with Gasteiger partial charge in [0.25, 0.3) is 0 Å². The van der Waals surface area contributed by atoms with Crippen molar-refractivity contribution in [3.63, 3.8) is 0 Å². The number of hydrogen-bond acceptors (Lipinski definition) is 3. The van der Waals surface area contributed by atoms with Crippen LogP contribution in [0.3, 0.4) is 0 Å². The summed E-state index contributed by atoms with van der Waals surface area (Å²) in [5.74, 6) is 0. The predicted molar refractivity (Wildman–Crippen MR) is 62.1 cm³/mol. The minimum absolute atomic E-state index is 0.357. The van der Waals surface area contributed by atoms with Crippen molar-refractivity contribution in [3.8, 4) is 0 Å². The molecule has 5 heteroatoms. The van der Waals surface area contributed by atoms with Crippen LogP contribution in [-0.2, 0) is 10.0 Å². The van der Waals surface area contributed by atoms with Crippen LogP contribution in [0.2, 0.25) is 0 Å². The molecule has 1 saturated heterocycles. The third kappa shape index (κ3) is 2.34. The Morgan fingerprint density at radius 2 is 1.67 bits per heavy atom. The lowest BCUT2D eigenvalue weighted by atomic mass is 10.1. The maximum Gasteiger partial charge on any atom is 0.220 e. The highest BCUT2D eigenvalue weighted by molar-refractivity contribution is 7.90. The largest absolute Gasteiger partial charge is 0.326 e. The third-order valence-electron chi connectivity index (χ3n) is 3.42. The van der Waals surface area contributed by atoms with Gasteiger partial charge in [0.2, 0.25) is 10.0 Å². The molecule has 1 rings (SSSR count). The summed E-state index contributed by atoms with van der Waals surface area (Å²) in [6, 6.07) is -0.357. The van der Waals surface area contributed by atoms with Crippen molar-refractivity contribution in [2.45, 2.75) is 50.8 Å². The summed E-state index contributed by atoms with van der Waals surface area (Å²) in [6.45, 7) is 6.47. The summed E-state index contributed by atoms with van der Waals surface area (Å²) in [7, 11) is -3.25. The first-order valence-corrected chi connectivity index (χ1v) is 6.99. The second kappa shape index (κ2) is 4.39. The van der Waals surface area contributed by atoms with E-state index < -0.39 is 14.8 Å². The van der Waals surface area contributed by atoms with E-state index in [4.69, 9.17) is 5.73 Å². The predicted octanol–water partition coefficient (Wildman–Crippen LogP) is 0.928. The van der Waals surface area contributed by atoms with E-state index in [1.54, 1.807) is 25.1 Å². The van der Waals surface area contributed by atoms with Crippen molar-refractivity contribution < 1.29 is 8.42 Å². The summed E-state index contributed by atoms with van der Waals surface area (Å²) in [5, 5.41) is 0. The van der Waals surface area contributed by atoms with Gasteiger partial charge in [0, 0.05) is 19.1 Å². The van der Waals surface area contributed by atoms with Crippen LogP contribution in [0.5, 0.6) is 0 Å². The Morgan fingerprint density at radius 3 is 2.07 bits per heavy atom. The molecule has 1 aliphatic rings. The van der Waals surface area contributed by atoms with Gasteiger partial charge < -0.3 is 5.73 Å². The third-order valence-corrected chi connectivity index (χ3v) is 6.16. The van der Waals surface area contributed by atoms with Crippen molar-refractivity contribution in [2.75, 3.05) is 13.1 Å². The van der Waals surface area contributed by atoms with Crippen LogP contribution in [0.25, 0.3) is 0 Å². The second-order valence-corrected chi connectivity index (χ2v) is 7.38. The fourth-order valence-electron chi connectivity index (χ4n) is 1.67. The molecule has 2 N–H and O–H groups in total. The molecule has 0 radical (unpaired) electrons. The van der Waals surface area contributed by atoms with Crippen LogP contribution in [0.4, 0.5) is 0 Å². The monoisotopic (exact) mass is 234 g/mol. The molecule has 1 atom stereocenters.